The summed E-state index contributed by atoms with van der Waals surface area (Å²) in [6.07, 6.45) is 0.640. The smallest absolute Gasteiger partial charge is 0.319 e. The van der Waals surface area contributed by atoms with Gasteiger partial charge in [-0.25, -0.2) is 4.79 Å². The number of hydrogen-bond acceptors (Lipinski definition) is 3. The Kier molecular flexibility index (Phi) is 9.29. The third-order valence-electron chi connectivity index (χ3n) is 2.89. The number of amides is 3. The van der Waals surface area contributed by atoms with Gasteiger partial charge in [-0.2, -0.15) is 0 Å². The Morgan fingerprint density at radius 2 is 1.48 bits per heavy atom. The van der Waals surface area contributed by atoms with Crippen molar-refractivity contribution in [2.75, 3.05) is 10.6 Å². The maximum atomic E-state index is 11.9. The largest absolute Gasteiger partial charge is 0.336 e. The summed E-state index contributed by atoms with van der Waals surface area (Å²) in [6.45, 7) is 7.82. The second kappa shape index (κ2) is 10.1. The first kappa shape index (κ1) is 21.2. The molecular formula is C16H27ClN4O2. The van der Waals surface area contributed by atoms with Crippen molar-refractivity contribution in [3.05, 3.63) is 24.3 Å². The van der Waals surface area contributed by atoms with Gasteiger partial charge in [0.15, 0.2) is 0 Å². The van der Waals surface area contributed by atoms with Gasteiger partial charge in [0.25, 0.3) is 0 Å². The van der Waals surface area contributed by atoms with Gasteiger partial charge in [-0.05, 0) is 50.5 Å². The molecule has 0 spiro atoms. The summed E-state index contributed by atoms with van der Waals surface area (Å²) in [7, 11) is 0. The van der Waals surface area contributed by atoms with Gasteiger partial charge in [0.1, 0.15) is 0 Å². The van der Waals surface area contributed by atoms with Crippen molar-refractivity contribution in [3.63, 3.8) is 0 Å². The second-order valence-electron chi connectivity index (χ2n) is 6.06. The quantitative estimate of drug-likeness (QED) is 0.640. The summed E-state index contributed by atoms with van der Waals surface area (Å²) in [6, 6.07) is 6.20. The predicted octanol–water partition coefficient (Wildman–Crippen LogP) is 2.95. The topological polar surface area (TPSA) is 96.2 Å². The van der Waals surface area contributed by atoms with Crippen LogP contribution in [0.5, 0.6) is 0 Å². The fraction of sp³-hybridized carbons (Fsp3) is 0.500. The Bertz CT molecular complexity index is 503. The van der Waals surface area contributed by atoms with Gasteiger partial charge < -0.3 is 21.7 Å². The molecule has 1 aromatic rings. The molecule has 0 saturated heterocycles. The molecule has 5 N–H and O–H groups in total. The molecule has 0 unspecified atom stereocenters. The Hall–Kier alpha value is -1.79. The molecule has 0 aliphatic rings. The zero-order valence-electron chi connectivity index (χ0n) is 14.1. The number of nitrogens with two attached hydrogens (primary N) is 1. The fourth-order valence-corrected chi connectivity index (χ4v) is 1.92. The van der Waals surface area contributed by atoms with E-state index in [1.54, 1.807) is 24.3 Å². The van der Waals surface area contributed by atoms with Gasteiger partial charge in [0.2, 0.25) is 5.91 Å². The van der Waals surface area contributed by atoms with Crippen LogP contribution in [0.2, 0.25) is 0 Å². The van der Waals surface area contributed by atoms with E-state index in [0.29, 0.717) is 23.7 Å². The van der Waals surface area contributed by atoms with Gasteiger partial charge in [-0.3, -0.25) is 4.79 Å². The van der Waals surface area contributed by atoms with Crippen LogP contribution < -0.4 is 21.7 Å². The molecule has 6 nitrogen and oxygen atoms in total. The number of halogens is 1. The minimum absolute atomic E-state index is 0. The van der Waals surface area contributed by atoms with Crippen LogP contribution in [0.3, 0.4) is 0 Å². The summed E-state index contributed by atoms with van der Waals surface area (Å²) in [5, 5.41) is 8.22. The maximum absolute atomic E-state index is 11.9. The summed E-state index contributed by atoms with van der Waals surface area (Å²) in [5.74, 6) is 0.166. The van der Waals surface area contributed by atoms with Crippen LogP contribution in [-0.4, -0.2) is 24.0 Å². The number of hydrogen-bond donors (Lipinski definition) is 4. The van der Waals surface area contributed by atoms with Gasteiger partial charge in [0, 0.05) is 17.4 Å². The monoisotopic (exact) mass is 342 g/mol. The Morgan fingerprint density at radius 3 is 1.91 bits per heavy atom. The molecule has 0 radical (unpaired) electrons. The molecule has 23 heavy (non-hydrogen) atoms. The second-order valence-corrected chi connectivity index (χ2v) is 6.06. The van der Waals surface area contributed by atoms with E-state index in [-0.39, 0.29) is 30.4 Å². The van der Waals surface area contributed by atoms with Crippen LogP contribution in [0.1, 0.15) is 34.1 Å². The van der Waals surface area contributed by atoms with E-state index in [1.165, 1.54) is 0 Å². The molecule has 0 saturated carbocycles. The molecule has 0 fully saturated rings. The van der Waals surface area contributed by atoms with Crippen molar-refractivity contribution in [2.24, 2.45) is 11.7 Å². The normalized spacial score (nSPS) is 11.6. The van der Waals surface area contributed by atoms with Crippen LogP contribution in [0.4, 0.5) is 16.2 Å². The van der Waals surface area contributed by atoms with Gasteiger partial charge >= 0.3 is 6.03 Å². The lowest BCUT2D eigenvalue weighted by atomic mass is 10.0. The lowest BCUT2D eigenvalue weighted by molar-refractivity contribution is -0.117. The Balaban J connectivity index is 0.00000484. The Labute approximate surface area is 144 Å². The highest BCUT2D eigenvalue weighted by molar-refractivity contribution is 5.95. The molecule has 0 aliphatic heterocycles. The van der Waals surface area contributed by atoms with Crippen molar-refractivity contribution in [2.45, 2.75) is 46.2 Å². The van der Waals surface area contributed by atoms with Crippen LogP contribution in [0, 0.1) is 5.92 Å². The SMILES string of the molecule is CC(C)C[C@H](N)C(=O)Nc1ccc(NC(=O)NC(C)C)cc1.Cl. The maximum Gasteiger partial charge on any atom is 0.319 e. The lowest BCUT2D eigenvalue weighted by Gasteiger charge is -2.14. The molecule has 1 atom stereocenters. The van der Waals surface area contributed by atoms with E-state index >= 15 is 0 Å². The average Bonchev–Trinajstić information content (AvgIpc) is 2.39. The van der Waals surface area contributed by atoms with E-state index in [0.717, 1.165) is 0 Å². The van der Waals surface area contributed by atoms with Crippen molar-refractivity contribution in [1.82, 2.24) is 5.32 Å². The fourth-order valence-electron chi connectivity index (χ4n) is 1.92. The molecule has 3 amide bonds. The molecule has 0 aliphatic carbocycles. The van der Waals surface area contributed by atoms with E-state index in [2.05, 4.69) is 16.0 Å². The minimum Gasteiger partial charge on any atom is -0.336 e. The first-order valence-electron chi connectivity index (χ1n) is 7.52. The highest BCUT2D eigenvalue weighted by Crippen LogP contribution is 2.14. The molecule has 1 rings (SSSR count). The van der Waals surface area contributed by atoms with Crippen molar-refractivity contribution in [1.29, 1.82) is 0 Å². The zero-order valence-corrected chi connectivity index (χ0v) is 14.9. The molecule has 130 valence electrons. The Morgan fingerprint density at radius 1 is 1.00 bits per heavy atom. The number of anilines is 2. The molecule has 7 heteroatoms. The minimum atomic E-state index is -0.519. The van der Waals surface area contributed by atoms with E-state index in [9.17, 15) is 9.59 Å². The molecule has 0 bridgehead atoms. The zero-order chi connectivity index (χ0) is 16.7. The third kappa shape index (κ3) is 8.42. The van der Waals surface area contributed by atoms with Gasteiger partial charge in [0.05, 0.1) is 6.04 Å². The number of benzene rings is 1. The number of carbonyl (C=O) groups is 2. The van der Waals surface area contributed by atoms with Crippen LogP contribution in [-0.2, 0) is 4.79 Å². The molecule has 0 aromatic heterocycles. The van der Waals surface area contributed by atoms with E-state index in [4.69, 9.17) is 5.73 Å². The molecule has 1 aromatic carbocycles. The average molecular weight is 343 g/mol. The van der Waals surface area contributed by atoms with Crippen LogP contribution in [0.25, 0.3) is 0 Å². The third-order valence-corrected chi connectivity index (χ3v) is 2.89. The summed E-state index contributed by atoms with van der Waals surface area (Å²) in [4.78, 5) is 23.5. The number of nitrogens with one attached hydrogen (secondary N) is 3. The predicted molar refractivity (Wildman–Crippen MR) is 97.0 cm³/mol. The molecular weight excluding hydrogens is 316 g/mol. The van der Waals surface area contributed by atoms with Crippen LogP contribution in [0.15, 0.2) is 24.3 Å². The summed E-state index contributed by atoms with van der Waals surface area (Å²) >= 11 is 0. The first-order chi connectivity index (χ1) is 10.3. The highest BCUT2D eigenvalue weighted by atomic mass is 35.5. The standard InChI is InChI=1S/C16H26N4O2.ClH/c1-10(2)9-14(17)15(21)19-12-5-7-13(8-6-12)20-16(22)18-11(3)4;/h5-8,10-11,14H,9,17H2,1-4H3,(H,19,21)(H2,18,20,22);1H/t14-;/m0./s1. The first-order valence-corrected chi connectivity index (χ1v) is 7.52. The van der Waals surface area contributed by atoms with Crippen molar-refractivity contribution >= 4 is 35.7 Å². The van der Waals surface area contributed by atoms with Crippen molar-refractivity contribution in [3.8, 4) is 0 Å². The number of rotatable bonds is 6. The lowest BCUT2D eigenvalue weighted by Crippen LogP contribution is -2.36. The number of carbonyl (C=O) groups excluding carboxylic acids is 2. The summed E-state index contributed by atoms with van der Waals surface area (Å²) in [5.41, 5.74) is 7.14. The van der Waals surface area contributed by atoms with Crippen molar-refractivity contribution < 1.29 is 9.59 Å². The van der Waals surface area contributed by atoms with Crippen LogP contribution >= 0.6 is 12.4 Å². The summed E-state index contributed by atoms with van der Waals surface area (Å²) < 4.78 is 0. The molecule has 0 heterocycles. The van der Waals surface area contributed by atoms with E-state index < -0.39 is 6.04 Å². The van der Waals surface area contributed by atoms with Gasteiger partial charge in [-0.15, -0.1) is 12.4 Å². The van der Waals surface area contributed by atoms with Gasteiger partial charge in [-0.1, -0.05) is 13.8 Å². The van der Waals surface area contributed by atoms with E-state index in [1.807, 2.05) is 27.7 Å². The highest BCUT2D eigenvalue weighted by Gasteiger charge is 2.15. The number of urea groups is 1.